The van der Waals surface area contributed by atoms with E-state index in [1.54, 1.807) is 25.3 Å². The smallest absolute Gasteiger partial charge is 0.246 e. The minimum Gasteiger partial charge on any atom is -0.497 e. The minimum atomic E-state index is -3.73. The lowest BCUT2D eigenvalue weighted by atomic mass is 10.1. The van der Waals surface area contributed by atoms with Crippen LogP contribution in [-0.4, -0.2) is 65.7 Å². The molecule has 0 unspecified atom stereocenters. The van der Waals surface area contributed by atoms with Gasteiger partial charge in [0.15, 0.2) is 0 Å². The van der Waals surface area contributed by atoms with Crippen LogP contribution in [0.1, 0.15) is 11.1 Å². The van der Waals surface area contributed by atoms with Crippen LogP contribution in [0.25, 0.3) is 6.08 Å². The number of sulfonamides is 1. The van der Waals surface area contributed by atoms with E-state index in [4.69, 9.17) is 14.2 Å². The first kappa shape index (κ1) is 23.8. The first-order valence-corrected chi connectivity index (χ1v) is 11.7. The maximum atomic E-state index is 13.1. The third-order valence-electron chi connectivity index (χ3n) is 5.07. The van der Waals surface area contributed by atoms with E-state index in [-0.39, 0.29) is 16.6 Å². The van der Waals surface area contributed by atoms with Gasteiger partial charge in [-0.05, 0) is 47.9 Å². The first-order chi connectivity index (χ1) is 15.4. The normalized spacial score (nSPS) is 14.9. The summed E-state index contributed by atoms with van der Waals surface area (Å²) in [6.07, 6.45) is 3.66. The van der Waals surface area contributed by atoms with E-state index in [1.165, 1.54) is 23.6 Å². The molecule has 0 aliphatic carbocycles. The Bertz CT molecular complexity index is 1040. The summed E-state index contributed by atoms with van der Waals surface area (Å²) in [5, 5.41) is 2.83. The van der Waals surface area contributed by atoms with E-state index in [0.29, 0.717) is 44.8 Å². The molecule has 0 bridgehead atoms. The van der Waals surface area contributed by atoms with Crippen molar-refractivity contribution in [2.24, 2.45) is 0 Å². The molecule has 1 amide bonds. The number of hydrogen-bond donors (Lipinski definition) is 1. The van der Waals surface area contributed by atoms with Gasteiger partial charge in [0.05, 0.1) is 27.4 Å². The minimum absolute atomic E-state index is 0.0731. The average Bonchev–Trinajstić information content (AvgIpc) is 2.83. The van der Waals surface area contributed by atoms with Gasteiger partial charge >= 0.3 is 0 Å². The second-order valence-electron chi connectivity index (χ2n) is 7.15. The monoisotopic (exact) mass is 460 g/mol. The zero-order valence-corrected chi connectivity index (χ0v) is 19.1. The van der Waals surface area contributed by atoms with Crippen molar-refractivity contribution in [3.05, 3.63) is 59.7 Å². The summed E-state index contributed by atoms with van der Waals surface area (Å²) in [4.78, 5) is 12.2. The van der Waals surface area contributed by atoms with Gasteiger partial charge in [-0.3, -0.25) is 4.79 Å². The van der Waals surface area contributed by atoms with Gasteiger partial charge in [-0.2, -0.15) is 4.31 Å². The first-order valence-electron chi connectivity index (χ1n) is 10.3. The topological polar surface area (TPSA) is 94.2 Å². The molecule has 1 heterocycles. The maximum Gasteiger partial charge on any atom is 0.246 e. The van der Waals surface area contributed by atoms with Gasteiger partial charge in [0.2, 0.25) is 15.9 Å². The van der Waals surface area contributed by atoms with Crippen molar-refractivity contribution in [1.29, 1.82) is 0 Å². The van der Waals surface area contributed by atoms with E-state index < -0.39 is 10.0 Å². The van der Waals surface area contributed by atoms with Gasteiger partial charge in [0.1, 0.15) is 16.4 Å². The van der Waals surface area contributed by atoms with Crippen LogP contribution in [0.3, 0.4) is 0 Å². The van der Waals surface area contributed by atoms with Gasteiger partial charge in [0, 0.05) is 25.7 Å². The third kappa shape index (κ3) is 6.09. The van der Waals surface area contributed by atoms with Gasteiger partial charge < -0.3 is 19.5 Å². The predicted octanol–water partition coefficient (Wildman–Crippen LogP) is 2.10. The quantitative estimate of drug-likeness (QED) is 0.576. The Balaban J connectivity index is 1.63. The molecule has 32 heavy (non-hydrogen) atoms. The summed E-state index contributed by atoms with van der Waals surface area (Å²) >= 11 is 0. The van der Waals surface area contributed by atoms with E-state index >= 15 is 0 Å². The third-order valence-corrected chi connectivity index (χ3v) is 6.99. The molecule has 3 rings (SSSR count). The van der Waals surface area contributed by atoms with Crippen LogP contribution in [0.4, 0.5) is 0 Å². The highest BCUT2D eigenvalue weighted by atomic mass is 32.2. The fourth-order valence-electron chi connectivity index (χ4n) is 3.28. The lowest BCUT2D eigenvalue weighted by Crippen LogP contribution is -2.40. The van der Waals surface area contributed by atoms with Crippen molar-refractivity contribution in [1.82, 2.24) is 9.62 Å². The zero-order chi connectivity index (χ0) is 23.0. The van der Waals surface area contributed by atoms with Crippen LogP contribution in [0.15, 0.2) is 53.4 Å². The van der Waals surface area contributed by atoms with E-state index in [0.717, 1.165) is 11.3 Å². The second kappa shape index (κ2) is 11.1. The summed E-state index contributed by atoms with van der Waals surface area (Å²) in [7, 11) is -0.684. The standard InChI is InChI=1S/C23H28N2O6S/c1-29-20-7-3-18(4-8-20)11-12-24-23(26)10-6-19-5-9-21(30-2)22(17-19)32(27,28)25-13-15-31-16-14-25/h3-10,17H,11-16H2,1-2H3,(H,24,26). The fourth-order valence-corrected chi connectivity index (χ4v) is 4.88. The SMILES string of the molecule is COc1ccc(CCNC(=O)C=Cc2ccc(OC)c(S(=O)(=O)N3CCOCC3)c2)cc1. The largest absolute Gasteiger partial charge is 0.497 e. The Kier molecular flexibility index (Phi) is 8.26. The lowest BCUT2D eigenvalue weighted by Gasteiger charge is -2.26. The highest BCUT2D eigenvalue weighted by Crippen LogP contribution is 2.28. The zero-order valence-electron chi connectivity index (χ0n) is 18.2. The van der Waals surface area contributed by atoms with Gasteiger partial charge in [-0.15, -0.1) is 0 Å². The Morgan fingerprint density at radius 1 is 1.09 bits per heavy atom. The van der Waals surface area contributed by atoms with Gasteiger partial charge in [-0.1, -0.05) is 18.2 Å². The molecule has 1 aliphatic rings. The molecule has 0 atom stereocenters. The number of methoxy groups -OCH3 is 2. The van der Waals surface area contributed by atoms with Crippen molar-refractivity contribution in [2.75, 3.05) is 47.1 Å². The number of ether oxygens (including phenoxy) is 3. The number of amides is 1. The van der Waals surface area contributed by atoms with Crippen LogP contribution in [-0.2, 0) is 26.0 Å². The number of nitrogens with one attached hydrogen (secondary N) is 1. The Hall–Kier alpha value is -2.88. The molecule has 1 N–H and O–H groups in total. The van der Waals surface area contributed by atoms with Crippen molar-refractivity contribution >= 4 is 22.0 Å². The fraction of sp³-hybridized carbons (Fsp3) is 0.348. The molecule has 2 aromatic rings. The number of carbonyl (C=O) groups excluding carboxylic acids is 1. The number of nitrogens with zero attached hydrogens (tertiary/aromatic N) is 1. The Morgan fingerprint density at radius 3 is 2.47 bits per heavy atom. The molecule has 8 nitrogen and oxygen atoms in total. The van der Waals surface area contributed by atoms with E-state index in [1.807, 2.05) is 24.3 Å². The molecular weight excluding hydrogens is 432 g/mol. The molecule has 2 aromatic carbocycles. The molecule has 0 spiro atoms. The molecule has 1 saturated heterocycles. The van der Waals surface area contributed by atoms with Crippen molar-refractivity contribution in [3.8, 4) is 11.5 Å². The molecule has 0 saturated carbocycles. The molecule has 1 aliphatic heterocycles. The summed E-state index contributed by atoms with van der Waals surface area (Å²) < 4.78 is 43.1. The molecule has 1 fully saturated rings. The van der Waals surface area contributed by atoms with Crippen LogP contribution >= 0.6 is 0 Å². The van der Waals surface area contributed by atoms with Crippen LogP contribution in [0, 0.1) is 0 Å². The average molecular weight is 461 g/mol. The van der Waals surface area contributed by atoms with Gasteiger partial charge in [-0.25, -0.2) is 8.42 Å². The van der Waals surface area contributed by atoms with Gasteiger partial charge in [0.25, 0.3) is 0 Å². The van der Waals surface area contributed by atoms with E-state index in [9.17, 15) is 13.2 Å². The number of morpholine rings is 1. The number of rotatable bonds is 9. The summed E-state index contributed by atoms with van der Waals surface area (Å²) in [5.74, 6) is 0.791. The Morgan fingerprint density at radius 2 is 1.81 bits per heavy atom. The molecule has 9 heteroatoms. The van der Waals surface area contributed by atoms with Crippen LogP contribution in [0.5, 0.6) is 11.5 Å². The highest BCUT2D eigenvalue weighted by molar-refractivity contribution is 7.89. The number of carbonyl (C=O) groups is 1. The summed E-state index contributed by atoms with van der Waals surface area (Å²) in [6.45, 7) is 1.79. The number of hydrogen-bond acceptors (Lipinski definition) is 6. The van der Waals surface area contributed by atoms with Crippen molar-refractivity contribution in [3.63, 3.8) is 0 Å². The van der Waals surface area contributed by atoms with Crippen molar-refractivity contribution in [2.45, 2.75) is 11.3 Å². The van der Waals surface area contributed by atoms with E-state index in [2.05, 4.69) is 5.32 Å². The predicted molar refractivity (Wildman–Crippen MR) is 121 cm³/mol. The Labute approximate surface area is 188 Å². The van der Waals surface area contributed by atoms with Crippen LogP contribution in [0.2, 0.25) is 0 Å². The van der Waals surface area contributed by atoms with Crippen molar-refractivity contribution < 1.29 is 27.4 Å². The number of benzene rings is 2. The highest BCUT2D eigenvalue weighted by Gasteiger charge is 2.29. The summed E-state index contributed by atoms with van der Waals surface area (Å²) in [6, 6.07) is 12.5. The molecular formula is C23H28N2O6S. The lowest BCUT2D eigenvalue weighted by molar-refractivity contribution is -0.116. The molecule has 172 valence electrons. The molecule has 0 radical (unpaired) electrons. The van der Waals surface area contributed by atoms with Crippen LogP contribution < -0.4 is 14.8 Å². The summed E-state index contributed by atoms with van der Waals surface area (Å²) in [5.41, 5.74) is 1.67. The maximum absolute atomic E-state index is 13.1. The molecule has 0 aromatic heterocycles. The second-order valence-corrected chi connectivity index (χ2v) is 9.06.